The average Bonchev–Trinajstić information content (AvgIpc) is 2.61. The molecular weight excluding hydrogens is 220 g/mol. The van der Waals surface area contributed by atoms with Crippen LogP contribution in [0.25, 0.3) is 10.9 Å². The van der Waals surface area contributed by atoms with E-state index in [-0.39, 0.29) is 11.8 Å². The molecule has 0 radical (unpaired) electrons. The molecule has 5 heteroatoms. The van der Waals surface area contributed by atoms with Gasteiger partial charge >= 0.3 is 5.97 Å². The van der Waals surface area contributed by atoms with Gasteiger partial charge in [-0.25, -0.2) is 4.79 Å². The molecule has 1 aromatic heterocycles. The van der Waals surface area contributed by atoms with Crippen molar-refractivity contribution in [3.8, 4) is 0 Å². The van der Waals surface area contributed by atoms with E-state index in [1.807, 2.05) is 18.2 Å². The molecular formula is C12H12N2O3. The summed E-state index contributed by atoms with van der Waals surface area (Å²) in [5, 5.41) is 14.2. The Bertz CT molecular complexity index is 572. The second kappa shape index (κ2) is 3.85. The summed E-state index contributed by atoms with van der Waals surface area (Å²) in [6, 6.07) is 7.27. The molecule has 1 N–H and O–H groups in total. The van der Waals surface area contributed by atoms with E-state index in [1.54, 1.807) is 6.07 Å². The first-order valence-corrected chi connectivity index (χ1v) is 5.56. The molecule has 88 valence electrons. The monoisotopic (exact) mass is 232 g/mol. The van der Waals surface area contributed by atoms with Gasteiger partial charge in [-0.15, -0.1) is 0 Å². The SMILES string of the molecule is O=C(O)c1c2ccccc2nn1CC1CCO1. The number of ether oxygens (including phenoxy) is 1. The topological polar surface area (TPSA) is 64.3 Å². The van der Waals surface area contributed by atoms with Crippen LogP contribution in [0.15, 0.2) is 24.3 Å². The maximum absolute atomic E-state index is 11.3. The molecule has 0 bridgehead atoms. The maximum atomic E-state index is 11.3. The van der Waals surface area contributed by atoms with Crippen molar-refractivity contribution in [3.05, 3.63) is 30.0 Å². The Morgan fingerprint density at radius 1 is 1.53 bits per heavy atom. The van der Waals surface area contributed by atoms with Gasteiger partial charge in [0.2, 0.25) is 0 Å². The van der Waals surface area contributed by atoms with Crippen molar-refractivity contribution in [1.29, 1.82) is 0 Å². The highest BCUT2D eigenvalue weighted by molar-refractivity contribution is 6.01. The van der Waals surface area contributed by atoms with Crippen molar-refractivity contribution in [2.24, 2.45) is 0 Å². The van der Waals surface area contributed by atoms with Crippen LogP contribution in [-0.2, 0) is 11.3 Å². The third-order valence-corrected chi connectivity index (χ3v) is 3.02. The summed E-state index contributed by atoms with van der Waals surface area (Å²) in [7, 11) is 0. The molecule has 1 aliphatic rings. The van der Waals surface area contributed by atoms with Gasteiger partial charge in [-0.2, -0.15) is 5.10 Å². The number of carboxylic acid groups (broad SMARTS) is 1. The highest BCUT2D eigenvalue weighted by Gasteiger charge is 2.23. The van der Waals surface area contributed by atoms with Crippen LogP contribution >= 0.6 is 0 Å². The van der Waals surface area contributed by atoms with Gasteiger partial charge in [-0.3, -0.25) is 4.68 Å². The summed E-state index contributed by atoms with van der Waals surface area (Å²) in [5.74, 6) is -0.946. The molecule has 2 heterocycles. The van der Waals surface area contributed by atoms with Gasteiger partial charge in [0.1, 0.15) is 0 Å². The number of benzene rings is 1. The van der Waals surface area contributed by atoms with Crippen LogP contribution in [0.1, 0.15) is 16.9 Å². The first-order valence-electron chi connectivity index (χ1n) is 5.56. The number of carboxylic acids is 1. The minimum Gasteiger partial charge on any atom is -0.477 e. The average molecular weight is 232 g/mol. The van der Waals surface area contributed by atoms with Crippen LogP contribution in [0.4, 0.5) is 0 Å². The number of hydrogen-bond acceptors (Lipinski definition) is 3. The lowest BCUT2D eigenvalue weighted by molar-refractivity contribution is -0.0611. The van der Waals surface area contributed by atoms with Crippen LogP contribution < -0.4 is 0 Å². The molecule has 1 saturated heterocycles. The summed E-state index contributed by atoms with van der Waals surface area (Å²) < 4.78 is 6.85. The van der Waals surface area contributed by atoms with Gasteiger partial charge in [0.05, 0.1) is 18.2 Å². The Morgan fingerprint density at radius 2 is 2.29 bits per heavy atom. The lowest BCUT2D eigenvalue weighted by Crippen LogP contribution is -2.32. The molecule has 1 aromatic carbocycles. The molecule has 0 amide bonds. The van der Waals surface area contributed by atoms with E-state index in [0.717, 1.165) is 13.0 Å². The Kier molecular flexibility index (Phi) is 2.33. The minimum atomic E-state index is -0.946. The smallest absolute Gasteiger partial charge is 0.354 e. The zero-order valence-corrected chi connectivity index (χ0v) is 9.17. The third-order valence-electron chi connectivity index (χ3n) is 3.02. The second-order valence-electron chi connectivity index (χ2n) is 4.13. The predicted octanol–water partition coefficient (Wildman–Crippen LogP) is 1.52. The lowest BCUT2D eigenvalue weighted by atomic mass is 10.2. The van der Waals surface area contributed by atoms with Gasteiger partial charge in [-0.05, 0) is 12.5 Å². The van der Waals surface area contributed by atoms with Crippen molar-refractivity contribution < 1.29 is 14.6 Å². The number of hydrogen-bond donors (Lipinski definition) is 1. The molecule has 5 nitrogen and oxygen atoms in total. The van der Waals surface area contributed by atoms with Gasteiger partial charge < -0.3 is 9.84 Å². The van der Waals surface area contributed by atoms with E-state index >= 15 is 0 Å². The van der Waals surface area contributed by atoms with Crippen LogP contribution in [0.3, 0.4) is 0 Å². The van der Waals surface area contributed by atoms with Gasteiger partial charge in [0.15, 0.2) is 5.69 Å². The molecule has 3 rings (SSSR count). The van der Waals surface area contributed by atoms with E-state index in [1.165, 1.54) is 4.68 Å². The zero-order chi connectivity index (χ0) is 11.8. The van der Waals surface area contributed by atoms with E-state index in [0.29, 0.717) is 17.4 Å². The first-order chi connectivity index (χ1) is 8.25. The molecule has 1 aliphatic heterocycles. The van der Waals surface area contributed by atoms with E-state index < -0.39 is 5.97 Å². The molecule has 0 saturated carbocycles. The van der Waals surface area contributed by atoms with Crippen LogP contribution in [0.5, 0.6) is 0 Å². The summed E-state index contributed by atoms with van der Waals surface area (Å²) >= 11 is 0. The first kappa shape index (κ1) is 10.3. The van der Waals surface area contributed by atoms with Crippen molar-refractivity contribution in [2.75, 3.05) is 6.61 Å². The lowest BCUT2D eigenvalue weighted by Gasteiger charge is -2.26. The molecule has 0 spiro atoms. The van der Waals surface area contributed by atoms with Crippen LogP contribution in [-0.4, -0.2) is 33.6 Å². The second-order valence-corrected chi connectivity index (χ2v) is 4.13. The molecule has 1 fully saturated rings. The molecule has 1 atom stereocenters. The summed E-state index contributed by atoms with van der Waals surface area (Å²) in [6.07, 6.45) is 1.07. The Labute approximate surface area is 97.6 Å². The highest BCUT2D eigenvalue weighted by atomic mass is 16.5. The standard InChI is InChI=1S/C12H12N2O3/c15-12(16)11-9-3-1-2-4-10(9)13-14(11)7-8-5-6-17-8/h1-4,8H,5-7H2,(H,15,16). The molecule has 0 aliphatic carbocycles. The Hall–Kier alpha value is -1.88. The van der Waals surface area contributed by atoms with Gasteiger partial charge in [-0.1, -0.05) is 18.2 Å². The summed E-state index contributed by atoms with van der Waals surface area (Å²) in [4.78, 5) is 11.3. The third kappa shape index (κ3) is 1.68. The maximum Gasteiger partial charge on any atom is 0.354 e. The quantitative estimate of drug-likeness (QED) is 0.871. The number of fused-ring (bicyclic) bond motifs is 1. The minimum absolute atomic E-state index is 0.0995. The number of rotatable bonds is 3. The molecule has 17 heavy (non-hydrogen) atoms. The highest BCUT2D eigenvalue weighted by Crippen LogP contribution is 2.21. The van der Waals surface area contributed by atoms with Gasteiger partial charge in [0, 0.05) is 12.0 Å². The number of nitrogens with zero attached hydrogens (tertiary/aromatic N) is 2. The van der Waals surface area contributed by atoms with Crippen molar-refractivity contribution >= 4 is 16.9 Å². The zero-order valence-electron chi connectivity index (χ0n) is 9.17. The van der Waals surface area contributed by atoms with E-state index in [2.05, 4.69) is 5.10 Å². The van der Waals surface area contributed by atoms with Gasteiger partial charge in [0.25, 0.3) is 0 Å². The normalized spacial score (nSPS) is 19.2. The fraction of sp³-hybridized carbons (Fsp3) is 0.333. The molecule has 2 aromatic rings. The largest absolute Gasteiger partial charge is 0.477 e. The van der Waals surface area contributed by atoms with Crippen molar-refractivity contribution in [3.63, 3.8) is 0 Å². The van der Waals surface area contributed by atoms with Crippen LogP contribution in [0.2, 0.25) is 0 Å². The molecule has 1 unspecified atom stereocenters. The van der Waals surface area contributed by atoms with Crippen molar-refractivity contribution in [1.82, 2.24) is 9.78 Å². The summed E-state index contributed by atoms with van der Waals surface area (Å²) in [5.41, 5.74) is 0.959. The van der Waals surface area contributed by atoms with Crippen molar-refractivity contribution in [2.45, 2.75) is 19.1 Å². The fourth-order valence-corrected chi connectivity index (χ4v) is 2.06. The number of aromatic nitrogens is 2. The van der Waals surface area contributed by atoms with Crippen LogP contribution in [0, 0.1) is 0 Å². The summed E-state index contributed by atoms with van der Waals surface area (Å²) in [6.45, 7) is 1.27. The predicted molar refractivity (Wildman–Crippen MR) is 61.0 cm³/mol. The number of aromatic carboxylic acids is 1. The fourth-order valence-electron chi connectivity index (χ4n) is 2.06. The van der Waals surface area contributed by atoms with E-state index in [4.69, 9.17) is 4.74 Å². The Morgan fingerprint density at radius 3 is 2.94 bits per heavy atom. The Balaban J connectivity index is 2.08. The van der Waals surface area contributed by atoms with E-state index in [9.17, 15) is 9.90 Å². The number of carbonyl (C=O) groups is 1.